The fourth-order valence-corrected chi connectivity index (χ4v) is 5.12. The number of aryl methyl sites for hydroxylation is 2. The molecule has 1 amide bonds. The second-order valence-corrected chi connectivity index (χ2v) is 8.88. The summed E-state index contributed by atoms with van der Waals surface area (Å²) in [6, 6.07) is 9.78. The molecule has 10 heteroatoms. The Morgan fingerprint density at radius 2 is 2.11 bits per heavy atom. The van der Waals surface area contributed by atoms with Crippen LogP contribution in [0.25, 0.3) is 22.2 Å². The van der Waals surface area contributed by atoms with Crippen LogP contribution >= 0.6 is 0 Å². The van der Waals surface area contributed by atoms with Gasteiger partial charge in [0, 0.05) is 31.8 Å². The third-order valence-electron chi connectivity index (χ3n) is 6.72. The average molecular weight is 475 g/mol. The van der Waals surface area contributed by atoms with E-state index in [1.807, 2.05) is 44.2 Å². The van der Waals surface area contributed by atoms with Gasteiger partial charge < -0.3 is 24.2 Å². The summed E-state index contributed by atoms with van der Waals surface area (Å²) in [6.45, 7) is 5.55. The fraction of sp³-hybridized carbons (Fsp3) is 0.360. The van der Waals surface area contributed by atoms with Crippen LogP contribution in [0.2, 0.25) is 0 Å². The van der Waals surface area contributed by atoms with Crippen molar-refractivity contribution in [2.45, 2.75) is 32.4 Å². The molecule has 1 fully saturated rings. The molecule has 2 aliphatic heterocycles. The number of rotatable bonds is 4. The zero-order chi connectivity index (χ0) is 24.1. The third-order valence-corrected chi connectivity index (χ3v) is 6.72. The van der Waals surface area contributed by atoms with Gasteiger partial charge in [0.15, 0.2) is 5.75 Å². The predicted molar refractivity (Wildman–Crippen MR) is 129 cm³/mol. The number of carbonyl (C=O) groups is 1. The molecule has 6 rings (SSSR count). The molecular weight excluding hydrogens is 448 g/mol. The molecule has 1 N–H and O–H groups in total. The minimum Gasteiger partial charge on any atom is -0.488 e. The Kier molecular flexibility index (Phi) is 5.09. The molecule has 1 aromatic carbocycles. The van der Waals surface area contributed by atoms with Gasteiger partial charge in [0.05, 0.1) is 29.0 Å². The Labute approximate surface area is 201 Å². The van der Waals surface area contributed by atoms with Crippen LogP contribution in [0.5, 0.6) is 5.75 Å². The van der Waals surface area contributed by atoms with E-state index in [0.717, 1.165) is 64.0 Å². The van der Waals surface area contributed by atoms with Crippen molar-refractivity contribution in [2.75, 3.05) is 31.6 Å². The molecule has 0 radical (unpaired) electrons. The van der Waals surface area contributed by atoms with Crippen LogP contribution in [0.3, 0.4) is 0 Å². The highest BCUT2D eigenvalue weighted by Gasteiger charge is 2.36. The topological polar surface area (TPSA) is 108 Å². The first kappa shape index (κ1) is 21.5. The number of hydrogen-bond acceptors (Lipinski definition) is 8. The number of benzene rings is 1. The molecule has 180 valence electrons. The molecule has 4 aromatic rings. The van der Waals surface area contributed by atoms with Crippen LogP contribution in [0.4, 0.5) is 10.7 Å². The maximum absolute atomic E-state index is 11.8. The number of aromatic nitrogens is 4. The lowest BCUT2D eigenvalue weighted by molar-refractivity contribution is 0.110. The highest BCUT2D eigenvalue weighted by Crippen LogP contribution is 2.46. The van der Waals surface area contributed by atoms with Crippen LogP contribution in [0.1, 0.15) is 29.6 Å². The van der Waals surface area contributed by atoms with Crippen LogP contribution in [-0.4, -0.2) is 58.6 Å². The summed E-state index contributed by atoms with van der Waals surface area (Å²) in [5, 5.41) is 6.67. The zero-order valence-corrected chi connectivity index (χ0v) is 19.8. The summed E-state index contributed by atoms with van der Waals surface area (Å²) in [7, 11) is 1.57. The normalized spacial score (nSPS) is 19.1. The average Bonchev–Trinajstić information content (AvgIpc) is 3.58. The van der Waals surface area contributed by atoms with E-state index in [0.29, 0.717) is 13.2 Å². The Hall–Kier alpha value is -4.08. The number of pyridine rings is 1. The Bertz CT molecular complexity index is 1390. The molecule has 3 aromatic heterocycles. The van der Waals surface area contributed by atoms with E-state index in [1.165, 1.54) is 0 Å². The van der Waals surface area contributed by atoms with Crippen molar-refractivity contribution in [3.63, 3.8) is 0 Å². The van der Waals surface area contributed by atoms with Crippen molar-refractivity contribution < 1.29 is 18.8 Å². The molecule has 0 saturated carbocycles. The van der Waals surface area contributed by atoms with E-state index in [2.05, 4.69) is 24.9 Å². The summed E-state index contributed by atoms with van der Waals surface area (Å²) in [6.07, 6.45) is 1.91. The lowest BCUT2D eigenvalue weighted by atomic mass is 10.0. The van der Waals surface area contributed by atoms with Gasteiger partial charge in [-0.1, -0.05) is 11.2 Å². The summed E-state index contributed by atoms with van der Waals surface area (Å²) >= 11 is 0. The highest BCUT2D eigenvalue weighted by atomic mass is 16.6. The second kappa shape index (κ2) is 8.30. The van der Waals surface area contributed by atoms with Gasteiger partial charge in [-0.15, -0.1) is 0 Å². The van der Waals surface area contributed by atoms with E-state index in [1.54, 1.807) is 13.2 Å². The molecule has 2 aliphatic rings. The third kappa shape index (κ3) is 3.48. The van der Waals surface area contributed by atoms with Gasteiger partial charge in [-0.05, 0) is 38.1 Å². The minimum atomic E-state index is -0.419. The lowest BCUT2D eigenvalue weighted by Gasteiger charge is -2.30. The van der Waals surface area contributed by atoms with E-state index in [-0.39, 0.29) is 12.1 Å². The number of alkyl carbamates (subject to hydrolysis) is 1. The Morgan fingerprint density at radius 1 is 1.23 bits per heavy atom. The monoisotopic (exact) mass is 474 g/mol. The van der Waals surface area contributed by atoms with Crippen LogP contribution in [0, 0.1) is 13.8 Å². The number of hydrogen-bond donors (Lipinski definition) is 1. The Morgan fingerprint density at radius 3 is 2.86 bits per heavy atom. The number of ether oxygens (including phenoxy) is 2. The molecule has 10 nitrogen and oxygen atoms in total. The van der Waals surface area contributed by atoms with E-state index in [9.17, 15) is 4.79 Å². The van der Waals surface area contributed by atoms with Crippen molar-refractivity contribution in [1.82, 2.24) is 25.0 Å². The Balaban J connectivity index is 1.51. The van der Waals surface area contributed by atoms with Crippen LogP contribution in [0.15, 0.2) is 41.1 Å². The first-order chi connectivity index (χ1) is 17.0. The number of anilines is 1. The molecular formula is C25H26N6O4. The number of imidazole rings is 1. The molecule has 0 aliphatic carbocycles. The van der Waals surface area contributed by atoms with Crippen molar-refractivity contribution >= 4 is 23.1 Å². The van der Waals surface area contributed by atoms with E-state index >= 15 is 0 Å². The highest BCUT2D eigenvalue weighted by molar-refractivity contribution is 5.94. The zero-order valence-electron chi connectivity index (χ0n) is 19.8. The molecule has 1 saturated heterocycles. The first-order valence-electron chi connectivity index (χ1n) is 11.7. The van der Waals surface area contributed by atoms with E-state index in [4.69, 9.17) is 19.0 Å². The maximum atomic E-state index is 11.8. The fourth-order valence-electron chi connectivity index (χ4n) is 5.12. The maximum Gasteiger partial charge on any atom is 0.407 e. The molecule has 0 unspecified atom stereocenters. The molecule has 0 bridgehead atoms. The van der Waals surface area contributed by atoms with Gasteiger partial charge in [-0.3, -0.25) is 9.55 Å². The smallest absolute Gasteiger partial charge is 0.407 e. The van der Waals surface area contributed by atoms with Crippen molar-refractivity contribution in [1.29, 1.82) is 0 Å². The molecule has 2 atom stereocenters. The molecule has 5 heterocycles. The number of amides is 1. The molecule has 35 heavy (non-hydrogen) atoms. The summed E-state index contributed by atoms with van der Waals surface area (Å²) in [5.74, 6) is 2.33. The summed E-state index contributed by atoms with van der Waals surface area (Å²) in [4.78, 5) is 23.6. The second-order valence-electron chi connectivity index (χ2n) is 8.88. The van der Waals surface area contributed by atoms with E-state index < -0.39 is 6.09 Å². The van der Waals surface area contributed by atoms with Gasteiger partial charge in [0.2, 0.25) is 5.95 Å². The quantitative estimate of drug-likeness (QED) is 0.478. The minimum absolute atomic E-state index is 0.150. The van der Waals surface area contributed by atoms with Crippen LogP contribution in [-0.2, 0) is 4.74 Å². The van der Waals surface area contributed by atoms with Gasteiger partial charge in [-0.2, -0.15) is 0 Å². The SMILES string of the molecule is CNC(=O)O[C@@H]1CCN(c2nc3ccc(-c4c(C)noc4C)c4c3n2[C@@H](c2ccccn2)CO4)C1. The summed E-state index contributed by atoms with van der Waals surface area (Å²) < 4.78 is 19.6. The van der Waals surface area contributed by atoms with Crippen LogP contribution < -0.4 is 15.0 Å². The van der Waals surface area contributed by atoms with Gasteiger partial charge in [-0.25, -0.2) is 9.78 Å². The summed E-state index contributed by atoms with van der Waals surface area (Å²) in [5.41, 5.74) is 5.33. The number of nitrogens with zero attached hydrogens (tertiary/aromatic N) is 5. The van der Waals surface area contributed by atoms with Crippen molar-refractivity contribution in [3.05, 3.63) is 53.7 Å². The number of carbonyl (C=O) groups excluding carboxylic acids is 1. The van der Waals surface area contributed by atoms with Gasteiger partial charge in [0.1, 0.15) is 30.0 Å². The lowest BCUT2D eigenvalue weighted by Crippen LogP contribution is -2.32. The standard InChI is InChI=1S/C25H26N6O4/c1-14-21(15(2)35-29-14)17-7-8-19-22-23(17)33-13-20(18-6-4-5-10-27-18)31(22)24(28-19)30-11-9-16(12-30)34-25(32)26-3/h4-8,10,16,20H,9,11-13H2,1-3H3,(H,26,32)/t16-,20-/m1/s1. The van der Waals surface area contributed by atoms with Gasteiger partial charge >= 0.3 is 6.09 Å². The van der Waals surface area contributed by atoms with Crippen molar-refractivity contribution in [2.24, 2.45) is 0 Å². The first-order valence-corrected chi connectivity index (χ1v) is 11.7. The van der Waals surface area contributed by atoms with Gasteiger partial charge in [0.25, 0.3) is 0 Å². The largest absolute Gasteiger partial charge is 0.488 e. The number of nitrogens with one attached hydrogen (secondary N) is 1. The van der Waals surface area contributed by atoms with Crippen molar-refractivity contribution in [3.8, 4) is 16.9 Å². The molecule has 0 spiro atoms. The predicted octanol–water partition coefficient (Wildman–Crippen LogP) is 3.62.